The molecule has 1 N–H and O–H groups in total. The van der Waals surface area contributed by atoms with Gasteiger partial charge in [0.05, 0.1) is 5.83 Å². The first-order chi connectivity index (χ1) is 14.6. The third-order valence-electron chi connectivity index (χ3n) is 5.87. The number of rotatable bonds is 7. The van der Waals surface area contributed by atoms with Crippen molar-refractivity contribution in [2.45, 2.75) is 46.3 Å². The molecule has 0 radical (unpaired) electrons. The van der Waals surface area contributed by atoms with Crippen LogP contribution in [0.25, 0.3) is 21.7 Å². The minimum atomic E-state index is -0.130. The van der Waals surface area contributed by atoms with E-state index in [1.807, 2.05) is 0 Å². The summed E-state index contributed by atoms with van der Waals surface area (Å²) < 4.78 is 15.5. The smallest absolute Gasteiger partial charge is 0.0932 e. The van der Waals surface area contributed by atoms with Gasteiger partial charge in [-0.15, -0.1) is 0 Å². The number of hydrogen-bond donors (Lipinski definition) is 1. The molecule has 1 atom stereocenters. The fourth-order valence-electron chi connectivity index (χ4n) is 4.21. The summed E-state index contributed by atoms with van der Waals surface area (Å²) in [5, 5.41) is 7.47. The summed E-state index contributed by atoms with van der Waals surface area (Å²) in [4.78, 5) is 0. The molecule has 1 unspecified atom stereocenters. The third kappa shape index (κ3) is 4.17. The second-order valence-electron chi connectivity index (χ2n) is 7.96. The summed E-state index contributed by atoms with van der Waals surface area (Å²) in [7, 11) is 0. The molecule has 3 heteroatoms. The monoisotopic (exact) mass is 400 g/mol. The van der Waals surface area contributed by atoms with Crippen LogP contribution in [0.1, 0.15) is 43.5 Å². The first kappa shape index (κ1) is 20.4. The number of aryl methyl sites for hydroxylation is 1. The summed E-state index contributed by atoms with van der Waals surface area (Å²) >= 11 is 0. The van der Waals surface area contributed by atoms with Gasteiger partial charge < -0.3 is 9.88 Å². The van der Waals surface area contributed by atoms with E-state index in [1.54, 1.807) is 6.08 Å². The highest BCUT2D eigenvalue weighted by Crippen LogP contribution is 2.26. The highest BCUT2D eigenvalue weighted by atomic mass is 19.1. The Morgan fingerprint density at radius 1 is 1.07 bits per heavy atom. The van der Waals surface area contributed by atoms with Crippen LogP contribution in [-0.4, -0.2) is 4.57 Å². The predicted octanol–water partition coefficient (Wildman–Crippen LogP) is 7.08. The van der Waals surface area contributed by atoms with Crippen LogP contribution in [0, 0.1) is 0 Å². The number of allylic oxidation sites excluding steroid dienone is 2. The second-order valence-corrected chi connectivity index (χ2v) is 7.96. The molecule has 4 aromatic rings. The predicted molar refractivity (Wildman–Crippen MR) is 125 cm³/mol. The first-order valence-electron chi connectivity index (χ1n) is 10.7. The molecule has 0 aliphatic heterocycles. The minimum Gasteiger partial charge on any atom is -0.347 e. The van der Waals surface area contributed by atoms with Crippen LogP contribution in [0.15, 0.2) is 78.8 Å². The number of halogens is 1. The molecule has 0 bridgehead atoms. The lowest BCUT2D eigenvalue weighted by molar-refractivity contribution is 0.578. The molecular formula is C27H29FN2. The van der Waals surface area contributed by atoms with Crippen LogP contribution in [0.3, 0.4) is 0 Å². The molecule has 0 aliphatic rings. The second kappa shape index (κ2) is 8.85. The van der Waals surface area contributed by atoms with Gasteiger partial charge in [0, 0.05) is 36.2 Å². The lowest BCUT2D eigenvalue weighted by Crippen LogP contribution is -2.18. The Bertz CT molecular complexity index is 1190. The molecule has 154 valence electrons. The van der Waals surface area contributed by atoms with Gasteiger partial charge in [-0.2, -0.15) is 0 Å². The van der Waals surface area contributed by atoms with Crippen LogP contribution in [0.2, 0.25) is 0 Å². The van der Waals surface area contributed by atoms with E-state index in [0.29, 0.717) is 6.42 Å². The molecule has 0 saturated carbocycles. The van der Waals surface area contributed by atoms with E-state index in [0.717, 1.165) is 13.1 Å². The highest BCUT2D eigenvalue weighted by Gasteiger charge is 2.11. The molecule has 30 heavy (non-hydrogen) atoms. The van der Waals surface area contributed by atoms with Gasteiger partial charge in [0.15, 0.2) is 0 Å². The Labute approximate surface area is 178 Å². The zero-order valence-corrected chi connectivity index (χ0v) is 18.0. The number of benzene rings is 3. The van der Waals surface area contributed by atoms with Crippen molar-refractivity contribution in [3.8, 4) is 0 Å². The summed E-state index contributed by atoms with van der Waals surface area (Å²) in [6, 6.07) is 21.9. The average Bonchev–Trinajstić information content (AvgIpc) is 3.12. The maximum absolute atomic E-state index is 13.3. The quantitative estimate of drug-likeness (QED) is 0.351. The topological polar surface area (TPSA) is 17.0 Å². The number of aromatic nitrogens is 1. The molecular weight excluding hydrogens is 371 g/mol. The molecule has 1 aromatic heterocycles. The number of nitrogens with one attached hydrogen (secondary N) is 1. The molecule has 3 aromatic carbocycles. The van der Waals surface area contributed by atoms with Crippen molar-refractivity contribution >= 4 is 21.7 Å². The Morgan fingerprint density at radius 3 is 2.67 bits per heavy atom. The van der Waals surface area contributed by atoms with Gasteiger partial charge in [0.2, 0.25) is 0 Å². The minimum absolute atomic E-state index is 0.130. The molecule has 0 aliphatic carbocycles. The molecule has 1 heterocycles. The van der Waals surface area contributed by atoms with Crippen molar-refractivity contribution in [2.24, 2.45) is 0 Å². The molecule has 2 nitrogen and oxygen atoms in total. The van der Waals surface area contributed by atoms with Crippen LogP contribution in [-0.2, 0) is 19.5 Å². The lowest BCUT2D eigenvalue weighted by Gasteiger charge is -2.17. The maximum atomic E-state index is 13.3. The number of hydrogen-bond acceptors (Lipinski definition) is 1. The average molecular weight is 401 g/mol. The van der Waals surface area contributed by atoms with Gasteiger partial charge in [0.1, 0.15) is 0 Å². The van der Waals surface area contributed by atoms with Gasteiger partial charge >= 0.3 is 0 Å². The van der Waals surface area contributed by atoms with E-state index in [4.69, 9.17) is 0 Å². The zero-order valence-electron chi connectivity index (χ0n) is 18.0. The summed E-state index contributed by atoms with van der Waals surface area (Å²) in [5.41, 5.74) is 4.94. The van der Waals surface area contributed by atoms with E-state index in [1.165, 1.54) is 45.3 Å². The largest absolute Gasteiger partial charge is 0.347 e. The molecule has 0 saturated heterocycles. The van der Waals surface area contributed by atoms with E-state index in [-0.39, 0.29) is 11.9 Å². The number of nitrogens with zero attached hydrogens (tertiary/aromatic N) is 1. The van der Waals surface area contributed by atoms with Crippen molar-refractivity contribution < 1.29 is 4.39 Å². The molecule has 0 fully saturated rings. The van der Waals surface area contributed by atoms with Gasteiger partial charge in [0.25, 0.3) is 0 Å². The normalized spacial score (nSPS) is 13.3. The Morgan fingerprint density at radius 2 is 1.87 bits per heavy atom. The van der Waals surface area contributed by atoms with Gasteiger partial charge in [-0.1, -0.05) is 48.5 Å². The van der Waals surface area contributed by atoms with Crippen molar-refractivity contribution in [1.82, 2.24) is 9.88 Å². The Balaban J connectivity index is 1.57. The number of fused-ring (bicyclic) bond motifs is 2. The third-order valence-corrected chi connectivity index (χ3v) is 5.87. The van der Waals surface area contributed by atoms with Crippen molar-refractivity contribution in [3.63, 3.8) is 0 Å². The fourth-order valence-corrected chi connectivity index (χ4v) is 4.21. The van der Waals surface area contributed by atoms with Crippen molar-refractivity contribution in [2.75, 3.05) is 0 Å². The lowest BCUT2D eigenvalue weighted by atomic mass is 9.99. The molecule has 4 rings (SSSR count). The van der Waals surface area contributed by atoms with Crippen LogP contribution >= 0.6 is 0 Å². The molecule has 0 amide bonds. The van der Waals surface area contributed by atoms with E-state index in [2.05, 4.69) is 90.6 Å². The molecule has 0 spiro atoms. The van der Waals surface area contributed by atoms with E-state index >= 15 is 0 Å². The van der Waals surface area contributed by atoms with E-state index < -0.39 is 0 Å². The van der Waals surface area contributed by atoms with E-state index in [9.17, 15) is 4.39 Å². The van der Waals surface area contributed by atoms with Gasteiger partial charge in [-0.3, -0.25) is 0 Å². The first-order valence-corrected chi connectivity index (χ1v) is 10.7. The van der Waals surface area contributed by atoms with Crippen LogP contribution in [0.5, 0.6) is 0 Å². The zero-order chi connectivity index (χ0) is 21.1. The van der Waals surface area contributed by atoms with Crippen molar-refractivity contribution in [3.05, 3.63) is 95.5 Å². The van der Waals surface area contributed by atoms with Gasteiger partial charge in [-0.25, -0.2) is 4.39 Å². The van der Waals surface area contributed by atoms with Crippen LogP contribution < -0.4 is 5.32 Å². The SMILES string of the molecule is CCn1cc(C/C=C(\C)F)c2cc(CNC(C)c3cccc4ccccc34)ccc21. The fraction of sp³-hybridized carbons (Fsp3) is 0.259. The summed E-state index contributed by atoms with van der Waals surface area (Å²) in [6.45, 7) is 7.55. The van der Waals surface area contributed by atoms with Crippen molar-refractivity contribution in [1.29, 1.82) is 0 Å². The summed E-state index contributed by atoms with van der Waals surface area (Å²) in [5.74, 6) is -0.130. The van der Waals surface area contributed by atoms with Gasteiger partial charge in [-0.05, 0) is 72.9 Å². The van der Waals surface area contributed by atoms with Crippen LogP contribution in [0.4, 0.5) is 4.39 Å². The standard InChI is InChI=1S/C27H29FN2/c1-4-30-18-23(14-12-19(2)28)26-16-21(13-15-27(26)30)17-29-20(3)24-11-7-9-22-8-5-6-10-25(22)24/h5-13,15-16,18,20,29H,4,14,17H2,1-3H3/b19-12+. The Hall–Kier alpha value is -2.91. The Kier molecular flexibility index (Phi) is 6.01. The maximum Gasteiger partial charge on any atom is 0.0932 e. The summed E-state index contributed by atoms with van der Waals surface area (Å²) in [6.07, 6.45) is 4.43. The highest BCUT2D eigenvalue weighted by molar-refractivity contribution is 5.86.